The van der Waals surface area contributed by atoms with E-state index in [0.717, 1.165) is 27.8 Å². The molecule has 0 aliphatic heterocycles. The van der Waals surface area contributed by atoms with Gasteiger partial charge in [0.15, 0.2) is 11.7 Å². The first-order valence-electron chi connectivity index (χ1n) is 7.96. The van der Waals surface area contributed by atoms with Crippen LogP contribution in [0.1, 0.15) is 21.8 Å². The molecule has 5 nitrogen and oxygen atoms in total. The maximum atomic E-state index is 12.5. The van der Waals surface area contributed by atoms with Gasteiger partial charge in [-0.2, -0.15) is 13.2 Å². The molecule has 142 valence electrons. The zero-order valence-electron chi connectivity index (χ0n) is 14.6. The molecule has 0 fully saturated rings. The lowest BCUT2D eigenvalue weighted by molar-refractivity contribution is -0.140. The van der Waals surface area contributed by atoms with E-state index in [0.29, 0.717) is 37.1 Å². The molecule has 9 heteroatoms. The van der Waals surface area contributed by atoms with Gasteiger partial charge in [-0.05, 0) is 11.1 Å². The number of nitrogens with one attached hydrogen (secondary N) is 2. The Kier molecular flexibility index (Phi) is 7.40. The number of nitrogens with zero attached hydrogens (tertiary/aromatic N) is 2. The second-order valence-corrected chi connectivity index (χ2v) is 6.37. The highest BCUT2D eigenvalue weighted by atomic mass is 32.1. The average molecular weight is 386 g/mol. The summed E-state index contributed by atoms with van der Waals surface area (Å²) in [5.41, 5.74) is 1.34. The molecule has 0 unspecified atom stereocenters. The van der Waals surface area contributed by atoms with Gasteiger partial charge in [0.25, 0.3) is 0 Å². The van der Waals surface area contributed by atoms with Crippen LogP contribution in [0.3, 0.4) is 0 Å². The lowest BCUT2D eigenvalue weighted by Gasteiger charge is -2.13. The van der Waals surface area contributed by atoms with Gasteiger partial charge in [0, 0.05) is 39.0 Å². The topological polar surface area (TPSA) is 58.5 Å². The largest absolute Gasteiger partial charge is 0.434 e. The van der Waals surface area contributed by atoms with Crippen molar-refractivity contribution >= 4 is 17.3 Å². The molecule has 0 saturated heterocycles. The van der Waals surface area contributed by atoms with E-state index in [1.807, 2.05) is 24.3 Å². The molecule has 0 aliphatic rings. The second-order valence-electron chi connectivity index (χ2n) is 5.43. The smallest absolute Gasteiger partial charge is 0.380 e. The molecule has 1 aromatic heterocycles. The number of hydrogen-bond acceptors (Lipinski definition) is 4. The number of hydrogen-bond donors (Lipinski definition) is 2. The molecule has 0 saturated carbocycles. The van der Waals surface area contributed by atoms with E-state index in [1.165, 1.54) is 0 Å². The standard InChI is InChI=1S/C17H21F3N4OS/c1-21-16(23-9-12-5-3-4-6-13(12)10-25-2)22-8-7-15-24-14(11-26-15)17(18,19)20/h3-6,11H,7-10H2,1-2H3,(H2,21,22,23). The van der Waals surface area contributed by atoms with Gasteiger partial charge in [0.05, 0.1) is 11.6 Å². The third-order valence-corrected chi connectivity index (χ3v) is 4.47. The van der Waals surface area contributed by atoms with Gasteiger partial charge < -0.3 is 15.4 Å². The first-order chi connectivity index (χ1) is 12.4. The SMILES string of the molecule is CN=C(NCCc1nc(C(F)(F)F)cs1)NCc1ccccc1COC. The van der Waals surface area contributed by atoms with Gasteiger partial charge in [-0.3, -0.25) is 4.99 Å². The number of halogens is 3. The van der Waals surface area contributed by atoms with Gasteiger partial charge in [-0.25, -0.2) is 4.98 Å². The number of alkyl halides is 3. The summed E-state index contributed by atoms with van der Waals surface area (Å²) in [7, 11) is 3.29. The van der Waals surface area contributed by atoms with Gasteiger partial charge in [0.1, 0.15) is 0 Å². The summed E-state index contributed by atoms with van der Waals surface area (Å²) >= 11 is 1.01. The Balaban J connectivity index is 1.82. The maximum Gasteiger partial charge on any atom is 0.434 e. The van der Waals surface area contributed by atoms with Crippen LogP contribution in [0.25, 0.3) is 0 Å². The molecule has 2 aromatic rings. The van der Waals surface area contributed by atoms with Crippen LogP contribution in [-0.4, -0.2) is 31.6 Å². The summed E-state index contributed by atoms with van der Waals surface area (Å²) in [6, 6.07) is 7.90. The van der Waals surface area contributed by atoms with Crippen molar-refractivity contribution in [2.45, 2.75) is 25.7 Å². The van der Waals surface area contributed by atoms with E-state index < -0.39 is 11.9 Å². The lowest BCUT2D eigenvalue weighted by Crippen LogP contribution is -2.38. The van der Waals surface area contributed by atoms with Gasteiger partial charge >= 0.3 is 6.18 Å². The first-order valence-corrected chi connectivity index (χ1v) is 8.84. The van der Waals surface area contributed by atoms with Crippen molar-refractivity contribution in [1.29, 1.82) is 0 Å². The Hall–Kier alpha value is -2.13. The first kappa shape index (κ1) is 20.2. The minimum Gasteiger partial charge on any atom is -0.380 e. The van der Waals surface area contributed by atoms with Crippen LogP contribution in [0.4, 0.5) is 13.2 Å². The van der Waals surface area contributed by atoms with E-state index in [-0.39, 0.29) is 0 Å². The fraction of sp³-hybridized carbons (Fsp3) is 0.412. The Morgan fingerprint density at radius 2 is 1.96 bits per heavy atom. The number of thiazole rings is 1. The summed E-state index contributed by atoms with van der Waals surface area (Å²) in [6.07, 6.45) is -4.00. The van der Waals surface area contributed by atoms with Crippen LogP contribution in [0.5, 0.6) is 0 Å². The van der Waals surface area contributed by atoms with E-state index in [4.69, 9.17) is 4.74 Å². The van der Waals surface area contributed by atoms with Crippen LogP contribution in [0.15, 0.2) is 34.6 Å². The molecule has 0 aliphatic carbocycles. The number of aliphatic imine (C=N–C) groups is 1. The predicted molar refractivity (Wildman–Crippen MR) is 96.2 cm³/mol. The summed E-state index contributed by atoms with van der Waals surface area (Å²) in [4.78, 5) is 7.73. The number of methoxy groups -OCH3 is 1. The number of rotatable bonds is 7. The predicted octanol–water partition coefficient (Wildman–Crippen LogP) is 3.22. The molecule has 0 radical (unpaired) electrons. The number of guanidine groups is 1. The molecular weight excluding hydrogens is 365 g/mol. The molecule has 1 heterocycles. The minimum absolute atomic E-state index is 0.391. The third kappa shape index (κ3) is 5.99. The van der Waals surface area contributed by atoms with E-state index in [9.17, 15) is 13.2 Å². The van der Waals surface area contributed by atoms with Gasteiger partial charge in [-0.15, -0.1) is 11.3 Å². The zero-order valence-corrected chi connectivity index (χ0v) is 15.4. The zero-order chi connectivity index (χ0) is 19.0. The molecule has 0 bridgehead atoms. The number of benzene rings is 1. The fourth-order valence-corrected chi connectivity index (χ4v) is 3.07. The lowest BCUT2D eigenvalue weighted by atomic mass is 10.1. The highest BCUT2D eigenvalue weighted by Crippen LogP contribution is 2.29. The normalized spacial score (nSPS) is 12.3. The fourth-order valence-electron chi connectivity index (χ4n) is 2.27. The second kappa shape index (κ2) is 9.54. The quantitative estimate of drug-likeness (QED) is 0.567. The van der Waals surface area contributed by atoms with E-state index >= 15 is 0 Å². The third-order valence-electron chi connectivity index (χ3n) is 3.56. The van der Waals surface area contributed by atoms with Crippen molar-refractivity contribution in [3.63, 3.8) is 0 Å². The summed E-state index contributed by atoms with van der Waals surface area (Å²) < 4.78 is 42.8. The summed E-state index contributed by atoms with van der Waals surface area (Å²) in [5.74, 6) is 0.574. The highest BCUT2D eigenvalue weighted by Gasteiger charge is 2.33. The molecule has 1 aromatic carbocycles. The monoisotopic (exact) mass is 386 g/mol. The van der Waals surface area contributed by atoms with Crippen molar-refractivity contribution in [2.24, 2.45) is 4.99 Å². The van der Waals surface area contributed by atoms with Crippen LogP contribution >= 0.6 is 11.3 Å². The Morgan fingerprint density at radius 1 is 1.23 bits per heavy atom. The minimum atomic E-state index is -4.39. The van der Waals surface area contributed by atoms with Crippen LogP contribution in [-0.2, 0) is 30.5 Å². The molecule has 26 heavy (non-hydrogen) atoms. The Bertz CT molecular complexity index is 731. The number of ether oxygens (including phenoxy) is 1. The van der Waals surface area contributed by atoms with Gasteiger partial charge in [-0.1, -0.05) is 24.3 Å². The molecule has 2 rings (SSSR count). The Labute approximate surface area is 154 Å². The van der Waals surface area contributed by atoms with Crippen molar-refractivity contribution in [2.75, 3.05) is 20.7 Å². The van der Waals surface area contributed by atoms with Crippen LogP contribution < -0.4 is 10.6 Å². The summed E-state index contributed by atoms with van der Waals surface area (Å²) in [6.45, 7) is 1.52. The van der Waals surface area contributed by atoms with Crippen molar-refractivity contribution < 1.29 is 17.9 Å². The van der Waals surface area contributed by atoms with Crippen molar-refractivity contribution in [3.05, 3.63) is 51.5 Å². The highest BCUT2D eigenvalue weighted by molar-refractivity contribution is 7.09. The van der Waals surface area contributed by atoms with E-state index in [1.54, 1.807) is 14.2 Å². The van der Waals surface area contributed by atoms with Crippen LogP contribution in [0, 0.1) is 0 Å². The molecular formula is C17H21F3N4OS. The molecule has 2 N–H and O–H groups in total. The van der Waals surface area contributed by atoms with Crippen molar-refractivity contribution in [1.82, 2.24) is 15.6 Å². The average Bonchev–Trinajstić information content (AvgIpc) is 3.08. The van der Waals surface area contributed by atoms with E-state index in [2.05, 4.69) is 20.6 Å². The number of aromatic nitrogens is 1. The summed E-state index contributed by atoms with van der Waals surface area (Å²) in [5, 5.41) is 7.74. The van der Waals surface area contributed by atoms with Crippen molar-refractivity contribution in [3.8, 4) is 0 Å². The van der Waals surface area contributed by atoms with Crippen LogP contribution in [0.2, 0.25) is 0 Å². The molecule has 0 atom stereocenters. The molecule has 0 spiro atoms. The van der Waals surface area contributed by atoms with Gasteiger partial charge in [0.2, 0.25) is 0 Å². The Morgan fingerprint density at radius 3 is 2.58 bits per heavy atom. The molecule has 0 amide bonds. The maximum absolute atomic E-state index is 12.5.